The van der Waals surface area contributed by atoms with Gasteiger partial charge in [-0.25, -0.2) is 4.98 Å². The summed E-state index contributed by atoms with van der Waals surface area (Å²) in [5.74, 6) is 0.880. The summed E-state index contributed by atoms with van der Waals surface area (Å²) in [4.78, 5) is 18.1. The Balaban J connectivity index is 2.09. The smallest absolute Gasteiger partial charge is 0.254 e. The second-order valence-electron chi connectivity index (χ2n) is 4.12. The molecule has 0 N–H and O–H groups in total. The molecule has 2 aromatic rings. The quantitative estimate of drug-likeness (QED) is 0.793. The number of aryl methyl sites for hydroxylation is 1. The Morgan fingerprint density at radius 1 is 1.39 bits per heavy atom. The standard InChI is InChI=1S/C13H14IN3O/c1-16-8-7-15-12(16)9-17(2)13(18)10-3-5-11(14)6-4-10/h3-8H,9H2,1-2H3. The summed E-state index contributed by atoms with van der Waals surface area (Å²) in [6, 6.07) is 7.56. The van der Waals surface area contributed by atoms with Crippen molar-refractivity contribution in [1.29, 1.82) is 0 Å². The first-order valence-electron chi connectivity index (χ1n) is 5.55. The van der Waals surface area contributed by atoms with Gasteiger partial charge in [-0.05, 0) is 46.9 Å². The van der Waals surface area contributed by atoms with E-state index in [0.717, 1.165) is 9.39 Å². The predicted octanol–water partition coefficient (Wildman–Crippen LogP) is 2.30. The van der Waals surface area contributed by atoms with Gasteiger partial charge in [-0.15, -0.1) is 0 Å². The Morgan fingerprint density at radius 2 is 2.06 bits per heavy atom. The van der Waals surface area contributed by atoms with E-state index in [-0.39, 0.29) is 5.91 Å². The van der Waals surface area contributed by atoms with Crippen LogP contribution in [0.1, 0.15) is 16.2 Å². The lowest BCUT2D eigenvalue weighted by molar-refractivity contribution is 0.0780. The molecule has 5 heteroatoms. The van der Waals surface area contributed by atoms with Crippen LogP contribution in [0.5, 0.6) is 0 Å². The minimum absolute atomic E-state index is 0.00870. The summed E-state index contributed by atoms with van der Waals surface area (Å²) in [5, 5.41) is 0. The first-order chi connectivity index (χ1) is 8.58. The highest BCUT2D eigenvalue weighted by Gasteiger charge is 2.13. The van der Waals surface area contributed by atoms with Gasteiger partial charge in [0.25, 0.3) is 5.91 Å². The third-order valence-corrected chi connectivity index (χ3v) is 3.46. The highest BCUT2D eigenvalue weighted by Crippen LogP contribution is 2.10. The van der Waals surface area contributed by atoms with E-state index in [1.54, 1.807) is 18.1 Å². The number of nitrogens with zero attached hydrogens (tertiary/aromatic N) is 3. The summed E-state index contributed by atoms with van der Waals surface area (Å²) in [5.41, 5.74) is 0.701. The second kappa shape index (κ2) is 5.51. The topological polar surface area (TPSA) is 38.1 Å². The molecular weight excluding hydrogens is 341 g/mol. The van der Waals surface area contributed by atoms with Crippen molar-refractivity contribution in [3.8, 4) is 0 Å². The van der Waals surface area contributed by atoms with E-state index in [1.807, 2.05) is 42.1 Å². The van der Waals surface area contributed by atoms with Gasteiger partial charge in [0.2, 0.25) is 0 Å². The van der Waals surface area contributed by atoms with Crippen LogP contribution in [-0.4, -0.2) is 27.4 Å². The van der Waals surface area contributed by atoms with Gasteiger partial charge in [0.05, 0.1) is 6.54 Å². The van der Waals surface area contributed by atoms with Gasteiger partial charge < -0.3 is 9.47 Å². The monoisotopic (exact) mass is 355 g/mol. The Hall–Kier alpha value is -1.37. The molecule has 1 heterocycles. The maximum atomic E-state index is 12.2. The number of benzene rings is 1. The summed E-state index contributed by atoms with van der Waals surface area (Å²) in [6.07, 6.45) is 3.61. The molecule has 94 valence electrons. The Labute approximate surface area is 120 Å². The lowest BCUT2D eigenvalue weighted by Crippen LogP contribution is -2.27. The molecule has 0 saturated heterocycles. The van der Waals surface area contributed by atoms with Crippen LogP contribution in [0, 0.1) is 3.57 Å². The van der Waals surface area contributed by atoms with Crippen LogP contribution in [0.4, 0.5) is 0 Å². The molecule has 0 aliphatic carbocycles. The van der Waals surface area contributed by atoms with Gasteiger partial charge in [-0.3, -0.25) is 4.79 Å². The van der Waals surface area contributed by atoms with Crippen molar-refractivity contribution < 1.29 is 4.79 Å². The Morgan fingerprint density at radius 3 is 2.61 bits per heavy atom. The fraction of sp³-hybridized carbons (Fsp3) is 0.231. The average Bonchev–Trinajstić information content (AvgIpc) is 2.75. The maximum Gasteiger partial charge on any atom is 0.254 e. The Bertz CT molecular complexity index is 548. The first kappa shape index (κ1) is 13.1. The van der Waals surface area contributed by atoms with E-state index in [9.17, 15) is 4.79 Å². The van der Waals surface area contributed by atoms with Crippen LogP contribution in [0.2, 0.25) is 0 Å². The van der Waals surface area contributed by atoms with Crippen molar-refractivity contribution in [2.75, 3.05) is 7.05 Å². The van der Waals surface area contributed by atoms with Crippen LogP contribution >= 0.6 is 22.6 Å². The molecule has 18 heavy (non-hydrogen) atoms. The molecule has 0 unspecified atom stereocenters. The maximum absolute atomic E-state index is 12.2. The van der Waals surface area contributed by atoms with Crippen molar-refractivity contribution >= 4 is 28.5 Å². The van der Waals surface area contributed by atoms with Crippen LogP contribution in [0.3, 0.4) is 0 Å². The lowest BCUT2D eigenvalue weighted by atomic mass is 10.2. The number of aromatic nitrogens is 2. The number of rotatable bonds is 3. The fourth-order valence-electron chi connectivity index (χ4n) is 1.65. The van der Waals surface area contributed by atoms with E-state index in [1.165, 1.54) is 0 Å². The minimum Gasteiger partial charge on any atom is -0.337 e. The molecule has 0 aliphatic rings. The number of hydrogen-bond acceptors (Lipinski definition) is 2. The number of imidazole rings is 1. The van der Waals surface area contributed by atoms with Crippen molar-refractivity contribution in [2.24, 2.45) is 7.05 Å². The average molecular weight is 355 g/mol. The van der Waals surface area contributed by atoms with Crippen molar-refractivity contribution in [1.82, 2.24) is 14.5 Å². The van der Waals surface area contributed by atoms with Crippen molar-refractivity contribution in [3.05, 3.63) is 51.6 Å². The molecule has 0 radical (unpaired) electrons. The van der Waals surface area contributed by atoms with E-state index in [4.69, 9.17) is 0 Å². The molecular formula is C13H14IN3O. The van der Waals surface area contributed by atoms with Crippen LogP contribution in [0.25, 0.3) is 0 Å². The van der Waals surface area contributed by atoms with E-state index < -0.39 is 0 Å². The van der Waals surface area contributed by atoms with Crippen LogP contribution in [-0.2, 0) is 13.6 Å². The molecule has 2 rings (SSSR count). The molecule has 0 bridgehead atoms. The van der Waals surface area contributed by atoms with Gasteiger partial charge in [0.15, 0.2) is 0 Å². The van der Waals surface area contributed by atoms with E-state index in [0.29, 0.717) is 12.1 Å². The largest absolute Gasteiger partial charge is 0.337 e. The number of halogens is 1. The Kier molecular flexibility index (Phi) is 4.00. The van der Waals surface area contributed by atoms with Gasteiger partial charge in [0, 0.05) is 35.6 Å². The van der Waals surface area contributed by atoms with Crippen LogP contribution in [0.15, 0.2) is 36.7 Å². The number of carbonyl (C=O) groups excluding carboxylic acids is 1. The molecule has 0 saturated carbocycles. The highest BCUT2D eigenvalue weighted by molar-refractivity contribution is 14.1. The normalized spacial score (nSPS) is 10.4. The highest BCUT2D eigenvalue weighted by atomic mass is 127. The minimum atomic E-state index is 0.00870. The summed E-state index contributed by atoms with van der Waals surface area (Å²) in [7, 11) is 3.71. The van der Waals surface area contributed by atoms with Gasteiger partial charge >= 0.3 is 0 Å². The predicted molar refractivity (Wildman–Crippen MR) is 78.2 cm³/mol. The second-order valence-corrected chi connectivity index (χ2v) is 5.37. The molecule has 0 atom stereocenters. The number of hydrogen-bond donors (Lipinski definition) is 0. The first-order valence-corrected chi connectivity index (χ1v) is 6.63. The SMILES string of the molecule is CN(Cc1nccn1C)C(=O)c1ccc(I)cc1. The zero-order chi connectivity index (χ0) is 13.1. The molecule has 1 amide bonds. The summed E-state index contributed by atoms with van der Waals surface area (Å²) < 4.78 is 3.04. The molecule has 0 aliphatic heterocycles. The zero-order valence-electron chi connectivity index (χ0n) is 10.3. The fourth-order valence-corrected chi connectivity index (χ4v) is 2.01. The van der Waals surface area contributed by atoms with Gasteiger partial charge in [-0.2, -0.15) is 0 Å². The lowest BCUT2D eigenvalue weighted by Gasteiger charge is -2.16. The third kappa shape index (κ3) is 2.90. The number of amides is 1. The van der Waals surface area contributed by atoms with Gasteiger partial charge in [0.1, 0.15) is 5.82 Å². The van der Waals surface area contributed by atoms with Crippen LogP contribution < -0.4 is 0 Å². The van der Waals surface area contributed by atoms with E-state index in [2.05, 4.69) is 27.6 Å². The van der Waals surface area contributed by atoms with Gasteiger partial charge in [-0.1, -0.05) is 0 Å². The third-order valence-electron chi connectivity index (χ3n) is 2.74. The molecule has 0 fully saturated rings. The zero-order valence-corrected chi connectivity index (χ0v) is 12.5. The van der Waals surface area contributed by atoms with Crippen molar-refractivity contribution in [3.63, 3.8) is 0 Å². The molecule has 1 aromatic heterocycles. The summed E-state index contributed by atoms with van der Waals surface area (Å²) >= 11 is 2.22. The van der Waals surface area contributed by atoms with Crippen molar-refractivity contribution in [2.45, 2.75) is 6.54 Å². The summed E-state index contributed by atoms with van der Waals surface area (Å²) in [6.45, 7) is 0.508. The number of carbonyl (C=O) groups is 1. The molecule has 1 aromatic carbocycles. The molecule has 4 nitrogen and oxygen atoms in total. The van der Waals surface area contributed by atoms with E-state index >= 15 is 0 Å². The molecule has 0 spiro atoms.